The van der Waals surface area contributed by atoms with E-state index in [1.54, 1.807) is 19.0 Å². The minimum absolute atomic E-state index is 0. The first-order valence-electron chi connectivity index (χ1n) is 10.3. The van der Waals surface area contributed by atoms with Crippen LogP contribution in [0.3, 0.4) is 0 Å². The van der Waals surface area contributed by atoms with Gasteiger partial charge in [-0.3, -0.25) is 4.90 Å². The number of nitrogens with zero attached hydrogens (tertiary/aromatic N) is 3. The summed E-state index contributed by atoms with van der Waals surface area (Å²) in [4.78, 5) is 18.3. The maximum atomic E-state index is 11.8. The van der Waals surface area contributed by atoms with Crippen molar-refractivity contribution in [2.45, 2.75) is 38.1 Å². The molecule has 3 rings (SSSR count). The van der Waals surface area contributed by atoms with Gasteiger partial charge in [0.25, 0.3) is 0 Å². The molecule has 2 aliphatic rings. The van der Waals surface area contributed by atoms with Crippen LogP contribution in [0.2, 0.25) is 10.0 Å². The van der Waals surface area contributed by atoms with Crippen LogP contribution in [0.1, 0.15) is 32.1 Å². The number of benzene rings is 1. The van der Waals surface area contributed by atoms with Gasteiger partial charge in [0.15, 0.2) is 0 Å². The second-order valence-corrected chi connectivity index (χ2v) is 9.04. The Kier molecular flexibility index (Phi) is 10.5. The van der Waals surface area contributed by atoms with Gasteiger partial charge in [0.1, 0.15) is 0 Å². The first-order chi connectivity index (χ1) is 13.4. The summed E-state index contributed by atoms with van der Waals surface area (Å²) in [5.41, 5.74) is 1.05. The van der Waals surface area contributed by atoms with Gasteiger partial charge < -0.3 is 15.1 Å². The minimum atomic E-state index is 0. The third-order valence-electron chi connectivity index (χ3n) is 6.08. The van der Waals surface area contributed by atoms with Crippen LogP contribution in [-0.4, -0.2) is 68.7 Å². The molecule has 2 amide bonds. The minimum Gasteiger partial charge on any atom is -0.368 e. The van der Waals surface area contributed by atoms with Gasteiger partial charge in [-0.15, -0.1) is 0 Å². The van der Waals surface area contributed by atoms with Crippen molar-refractivity contribution in [3.8, 4) is 0 Å². The van der Waals surface area contributed by atoms with Crippen LogP contribution in [0.25, 0.3) is 0 Å². The number of piperazine rings is 1. The van der Waals surface area contributed by atoms with Gasteiger partial charge in [0, 0.05) is 79.0 Å². The molecule has 0 spiro atoms. The maximum Gasteiger partial charge on any atom is 0.317 e. The van der Waals surface area contributed by atoms with Crippen LogP contribution in [0, 0.1) is 5.92 Å². The molecular weight excluding hydrogens is 484 g/mol. The van der Waals surface area contributed by atoms with Crippen molar-refractivity contribution in [3.05, 3.63) is 28.2 Å². The van der Waals surface area contributed by atoms with Crippen molar-refractivity contribution in [1.82, 2.24) is 15.1 Å². The Labute approximate surface area is 210 Å². The fraction of sp³-hybridized carbons (Fsp3) is 0.667. The van der Waals surface area contributed by atoms with Gasteiger partial charge in [-0.2, -0.15) is 0 Å². The molecule has 0 bridgehead atoms. The number of nitrogens with one attached hydrogen (secondary N) is 1. The van der Waals surface area contributed by atoms with Crippen molar-refractivity contribution >= 4 is 34.9 Å². The number of anilines is 1. The van der Waals surface area contributed by atoms with Crippen molar-refractivity contribution in [2.75, 3.05) is 51.7 Å². The molecule has 159 valence electrons. The van der Waals surface area contributed by atoms with Gasteiger partial charge in [-0.1, -0.05) is 29.3 Å². The molecule has 1 saturated carbocycles. The van der Waals surface area contributed by atoms with Gasteiger partial charge in [0.05, 0.1) is 15.7 Å². The topological polar surface area (TPSA) is 38.8 Å². The molecule has 29 heavy (non-hydrogen) atoms. The molecule has 1 saturated heterocycles. The second kappa shape index (κ2) is 12.1. The SMILES string of the molecule is CN(C)C(=O)NC1CCC(CCN2CCN(c3cccc(Cl)c3Cl)CC2)CC1.[Y]. The first-order valence-corrected chi connectivity index (χ1v) is 11.1. The summed E-state index contributed by atoms with van der Waals surface area (Å²) >= 11 is 12.5. The summed E-state index contributed by atoms with van der Waals surface area (Å²) < 4.78 is 0. The van der Waals surface area contributed by atoms with E-state index in [-0.39, 0.29) is 38.7 Å². The zero-order chi connectivity index (χ0) is 20.1. The normalized spacial score (nSPS) is 22.7. The number of amides is 2. The van der Waals surface area contributed by atoms with E-state index in [1.165, 1.54) is 19.3 Å². The van der Waals surface area contributed by atoms with Crippen LogP contribution in [-0.2, 0) is 32.7 Å². The van der Waals surface area contributed by atoms with E-state index in [0.717, 1.165) is 57.2 Å². The van der Waals surface area contributed by atoms with Gasteiger partial charge in [-0.25, -0.2) is 4.79 Å². The number of rotatable bonds is 5. The van der Waals surface area contributed by atoms with Crippen LogP contribution in [0.15, 0.2) is 18.2 Å². The Morgan fingerprint density at radius 3 is 2.38 bits per heavy atom. The summed E-state index contributed by atoms with van der Waals surface area (Å²) in [5, 5.41) is 4.41. The van der Waals surface area contributed by atoms with Crippen molar-refractivity contribution < 1.29 is 37.5 Å². The zero-order valence-corrected chi connectivity index (χ0v) is 21.9. The van der Waals surface area contributed by atoms with E-state index in [4.69, 9.17) is 23.2 Å². The molecule has 1 heterocycles. The Morgan fingerprint density at radius 1 is 1.10 bits per heavy atom. The van der Waals surface area contributed by atoms with Crippen LogP contribution in [0.4, 0.5) is 10.5 Å². The third-order valence-corrected chi connectivity index (χ3v) is 6.89. The summed E-state index contributed by atoms with van der Waals surface area (Å²) in [7, 11) is 3.59. The zero-order valence-electron chi connectivity index (χ0n) is 17.5. The number of hydrogen-bond acceptors (Lipinski definition) is 3. The quantitative estimate of drug-likeness (QED) is 0.634. The van der Waals surface area contributed by atoms with Gasteiger partial charge in [0.2, 0.25) is 0 Å². The molecule has 1 aliphatic heterocycles. The summed E-state index contributed by atoms with van der Waals surface area (Å²) in [6.45, 7) is 5.28. The van der Waals surface area contributed by atoms with Crippen LogP contribution in [0.5, 0.6) is 0 Å². The Hall–Kier alpha value is -0.0661. The Bertz CT molecular complexity index is 660. The Morgan fingerprint density at radius 2 is 1.76 bits per heavy atom. The number of carbonyl (C=O) groups excluding carboxylic acids is 1. The number of carbonyl (C=O) groups is 1. The molecule has 0 atom stereocenters. The molecule has 8 heteroatoms. The van der Waals surface area contributed by atoms with Gasteiger partial charge >= 0.3 is 6.03 Å². The third kappa shape index (κ3) is 7.24. The van der Waals surface area contributed by atoms with E-state index in [0.29, 0.717) is 16.1 Å². The molecule has 5 nitrogen and oxygen atoms in total. The van der Waals surface area contributed by atoms with Gasteiger partial charge in [-0.05, 0) is 56.7 Å². The van der Waals surface area contributed by atoms with E-state index < -0.39 is 0 Å². The number of hydrogen-bond donors (Lipinski definition) is 1. The molecule has 1 aromatic rings. The summed E-state index contributed by atoms with van der Waals surface area (Å²) in [6, 6.07) is 6.23. The average molecular weight is 516 g/mol. The summed E-state index contributed by atoms with van der Waals surface area (Å²) in [5.74, 6) is 0.785. The van der Waals surface area contributed by atoms with Crippen molar-refractivity contribution in [1.29, 1.82) is 0 Å². The molecular formula is C21H32Cl2N4OY. The first kappa shape index (κ1) is 25.2. The molecule has 0 aromatic heterocycles. The fourth-order valence-corrected chi connectivity index (χ4v) is 4.63. The predicted molar refractivity (Wildman–Crippen MR) is 118 cm³/mol. The number of urea groups is 1. The maximum absolute atomic E-state index is 11.8. The Balaban J connectivity index is 0.00000300. The average Bonchev–Trinajstić information content (AvgIpc) is 2.70. The van der Waals surface area contributed by atoms with Crippen molar-refractivity contribution in [3.63, 3.8) is 0 Å². The molecule has 2 fully saturated rings. The predicted octanol–water partition coefficient (Wildman–Crippen LogP) is 4.33. The van der Waals surface area contributed by atoms with E-state index in [2.05, 4.69) is 21.2 Å². The molecule has 1 N–H and O–H groups in total. The molecule has 1 radical (unpaired) electrons. The van der Waals surface area contributed by atoms with Crippen LogP contribution >= 0.6 is 23.2 Å². The standard InChI is InChI=1S/C21H32Cl2N4O.Y/c1-25(2)21(28)24-17-8-6-16(7-9-17)10-11-26-12-14-27(15-13-26)19-5-3-4-18(22)20(19)23;/h3-5,16-17H,6-15H2,1-2H3,(H,24,28);. The molecule has 1 aliphatic carbocycles. The molecule has 1 aromatic carbocycles. The largest absolute Gasteiger partial charge is 0.368 e. The van der Waals surface area contributed by atoms with E-state index in [9.17, 15) is 4.79 Å². The van der Waals surface area contributed by atoms with E-state index >= 15 is 0 Å². The van der Waals surface area contributed by atoms with Crippen LogP contribution < -0.4 is 10.2 Å². The second-order valence-electron chi connectivity index (χ2n) is 8.25. The van der Waals surface area contributed by atoms with E-state index in [1.807, 2.05) is 12.1 Å². The molecule has 0 unspecified atom stereocenters. The smallest absolute Gasteiger partial charge is 0.317 e. The number of halogens is 2. The monoisotopic (exact) mass is 515 g/mol. The summed E-state index contributed by atoms with van der Waals surface area (Å²) in [6.07, 6.45) is 5.90. The van der Waals surface area contributed by atoms with Crippen molar-refractivity contribution in [2.24, 2.45) is 5.92 Å². The fourth-order valence-electron chi connectivity index (χ4n) is 4.21.